The van der Waals surface area contributed by atoms with Gasteiger partial charge >= 0.3 is 12.1 Å². The van der Waals surface area contributed by atoms with Gasteiger partial charge < -0.3 is 24.3 Å². The van der Waals surface area contributed by atoms with E-state index in [4.69, 9.17) is 18.9 Å². The molecule has 1 amide bonds. The Kier molecular flexibility index (Phi) is 14.3. The summed E-state index contributed by atoms with van der Waals surface area (Å²) in [4.78, 5) is 26.2. The van der Waals surface area contributed by atoms with E-state index in [1.807, 2.05) is 78.9 Å². The number of nitrogens with one attached hydrogen (secondary N) is 1. The van der Waals surface area contributed by atoms with E-state index in [9.17, 15) is 9.59 Å². The van der Waals surface area contributed by atoms with Crippen molar-refractivity contribution in [1.82, 2.24) is 5.32 Å². The van der Waals surface area contributed by atoms with Crippen LogP contribution in [0.25, 0.3) is 0 Å². The number of alkyl carbamates (subject to hydrolysis) is 1. The van der Waals surface area contributed by atoms with Crippen LogP contribution in [0, 0.1) is 12.8 Å². The molecule has 0 saturated heterocycles. The molecule has 49 heavy (non-hydrogen) atoms. The highest BCUT2D eigenvalue weighted by atomic mass is 16.6. The molecule has 0 fully saturated rings. The van der Waals surface area contributed by atoms with Crippen LogP contribution in [0.1, 0.15) is 69.2 Å². The first-order valence-corrected chi connectivity index (χ1v) is 17.2. The standard InChI is InChI=1S/C42H51NO6/c1-31-24-26-33(27-25-31)28-36(39(48-37-21-13-8-14-22-37)32(2)46-29-34-16-9-6-10-17-34)20-15-23-38(43-41(45)49-42(3,4)5)40(44)47-30-35-18-11-7-12-19-35/h6-14,16-19,21-22,24-27,32,36,38-39H,15,20,23,28-30H2,1-5H3,(H,43,45)/t32-,36+,38-,39-/m0/s1. The molecule has 1 N–H and O–H groups in total. The van der Waals surface area contributed by atoms with Gasteiger partial charge in [0.2, 0.25) is 0 Å². The number of hydrogen-bond donors (Lipinski definition) is 1. The quantitative estimate of drug-likeness (QED) is 0.113. The summed E-state index contributed by atoms with van der Waals surface area (Å²) in [6, 6.07) is 37.1. The van der Waals surface area contributed by atoms with Gasteiger partial charge in [0, 0.05) is 5.92 Å². The van der Waals surface area contributed by atoms with Crippen LogP contribution in [0.3, 0.4) is 0 Å². The molecule has 4 aromatic carbocycles. The van der Waals surface area contributed by atoms with Crippen molar-refractivity contribution >= 4 is 12.1 Å². The SMILES string of the molecule is Cc1ccc(C[C@@H](CCC[C@H](NC(=O)OC(C)(C)C)C(=O)OCc2ccccc2)[C@@H](Oc2ccccc2)[C@H](C)OCc2ccccc2)cc1. The number of rotatable bonds is 17. The highest BCUT2D eigenvalue weighted by Crippen LogP contribution is 2.28. The number of hydrogen-bond acceptors (Lipinski definition) is 6. The van der Waals surface area contributed by atoms with Crippen LogP contribution in [0.2, 0.25) is 0 Å². The summed E-state index contributed by atoms with van der Waals surface area (Å²) in [5.41, 5.74) is 3.64. The molecule has 4 rings (SSSR count). The number of esters is 1. The smallest absolute Gasteiger partial charge is 0.408 e. The molecule has 0 heterocycles. The lowest BCUT2D eigenvalue weighted by molar-refractivity contribution is -0.147. The number of para-hydroxylation sites is 1. The van der Waals surface area contributed by atoms with Gasteiger partial charge in [-0.15, -0.1) is 0 Å². The summed E-state index contributed by atoms with van der Waals surface area (Å²) in [6.45, 7) is 10.1. The molecule has 0 aliphatic rings. The lowest BCUT2D eigenvalue weighted by Gasteiger charge is -2.33. The summed E-state index contributed by atoms with van der Waals surface area (Å²) in [5.74, 6) is 0.295. The monoisotopic (exact) mass is 665 g/mol. The average molecular weight is 666 g/mol. The highest BCUT2D eigenvalue weighted by Gasteiger charge is 2.32. The molecule has 4 aromatic rings. The molecule has 4 atom stereocenters. The number of aryl methyl sites for hydroxylation is 1. The summed E-state index contributed by atoms with van der Waals surface area (Å²) < 4.78 is 24.4. The Hall–Kier alpha value is -4.62. The number of amides is 1. The molecule has 0 saturated carbocycles. The van der Waals surface area contributed by atoms with Crippen LogP contribution >= 0.6 is 0 Å². The molecule has 0 aromatic heterocycles. The van der Waals surface area contributed by atoms with Gasteiger partial charge in [-0.2, -0.15) is 0 Å². The fourth-order valence-corrected chi connectivity index (χ4v) is 5.65. The van der Waals surface area contributed by atoms with Gasteiger partial charge in [-0.3, -0.25) is 0 Å². The maximum absolute atomic E-state index is 13.4. The normalized spacial score (nSPS) is 13.8. The van der Waals surface area contributed by atoms with Crippen LogP contribution in [-0.2, 0) is 38.6 Å². The second-order valence-corrected chi connectivity index (χ2v) is 13.6. The zero-order valence-electron chi connectivity index (χ0n) is 29.5. The molecule has 0 bridgehead atoms. The third-order valence-electron chi connectivity index (χ3n) is 8.18. The maximum Gasteiger partial charge on any atom is 0.408 e. The second kappa shape index (κ2) is 18.8. The van der Waals surface area contributed by atoms with Gasteiger partial charge in [-0.25, -0.2) is 9.59 Å². The van der Waals surface area contributed by atoms with Crippen molar-refractivity contribution in [3.05, 3.63) is 138 Å². The Balaban J connectivity index is 1.54. The molecule has 7 nitrogen and oxygen atoms in total. The topological polar surface area (TPSA) is 83.1 Å². The fraction of sp³-hybridized carbons (Fsp3) is 0.381. The first kappa shape index (κ1) is 37.2. The Morgan fingerprint density at radius 2 is 1.29 bits per heavy atom. The summed E-state index contributed by atoms with van der Waals surface area (Å²) in [5, 5.41) is 2.78. The molecule has 0 spiro atoms. The van der Waals surface area contributed by atoms with Crippen molar-refractivity contribution < 1.29 is 28.5 Å². The zero-order chi connectivity index (χ0) is 35.1. The van der Waals surface area contributed by atoms with E-state index < -0.39 is 23.7 Å². The minimum atomic E-state index is -0.876. The molecule has 0 unspecified atom stereocenters. The molecular weight excluding hydrogens is 614 g/mol. The van der Waals surface area contributed by atoms with E-state index >= 15 is 0 Å². The van der Waals surface area contributed by atoms with Gasteiger partial charge in [-0.05, 0) is 82.7 Å². The molecule has 0 aliphatic carbocycles. The maximum atomic E-state index is 13.4. The summed E-state index contributed by atoms with van der Waals surface area (Å²) in [6.07, 6.45) is 1.25. The Labute approximate surface area is 291 Å². The van der Waals surface area contributed by atoms with Crippen LogP contribution in [0.4, 0.5) is 4.79 Å². The van der Waals surface area contributed by atoms with E-state index in [1.165, 1.54) is 11.1 Å². The number of benzene rings is 4. The van der Waals surface area contributed by atoms with Crippen LogP contribution in [0.15, 0.2) is 115 Å². The Bertz CT molecular complexity index is 1540. The van der Waals surface area contributed by atoms with E-state index in [1.54, 1.807) is 20.8 Å². The summed E-state index contributed by atoms with van der Waals surface area (Å²) >= 11 is 0. The van der Waals surface area contributed by atoms with Gasteiger partial charge in [0.05, 0.1) is 12.7 Å². The van der Waals surface area contributed by atoms with Crippen molar-refractivity contribution in [3.8, 4) is 5.75 Å². The molecule has 0 aliphatic heterocycles. The van der Waals surface area contributed by atoms with Gasteiger partial charge in [0.1, 0.15) is 30.1 Å². The van der Waals surface area contributed by atoms with Gasteiger partial charge in [-0.1, -0.05) is 115 Å². The molecular formula is C42H51NO6. The minimum absolute atomic E-state index is 0.0243. The Morgan fingerprint density at radius 3 is 1.88 bits per heavy atom. The van der Waals surface area contributed by atoms with E-state index in [0.717, 1.165) is 23.3 Å². The van der Waals surface area contributed by atoms with Gasteiger partial charge in [0.25, 0.3) is 0 Å². The number of carbonyl (C=O) groups is 2. The highest BCUT2D eigenvalue weighted by molar-refractivity contribution is 5.81. The Morgan fingerprint density at radius 1 is 0.714 bits per heavy atom. The predicted octanol–water partition coefficient (Wildman–Crippen LogP) is 9.01. The van der Waals surface area contributed by atoms with Crippen molar-refractivity contribution in [1.29, 1.82) is 0 Å². The largest absolute Gasteiger partial charge is 0.487 e. The van der Waals surface area contributed by atoms with Crippen molar-refractivity contribution in [2.24, 2.45) is 5.92 Å². The zero-order valence-corrected chi connectivity index (χ0v) is 29.5. The second-order valence-electron chi connectivity index (χ2n) is 13.6. The van der Waals surface area contributed by atoms with Crippen LogP contribution in [-0.4, -0.2) is 35.9 Å². The first-order valence-electron chi connectivity index (χ1n) is 17.2. The third kappa shape index (κ3) is 13.4. The molecule has 7 heteroatoms. The third-order valence-corrected chi connectivity index (χ3v) is 8.18. The van der Waals surface area contributed by atoms with Crippen LogP contribution in [0.5, 0.6) is 5.75 Å². The average Bonchev–Trinajstić information content (AvgIpc) is 3.09. The van der Waals surface area contributed by atoms with Gasteiger partial charge in [0.15, 0.2) is 0 Å². The van der Waals surface area contributed by atoms with E-state index in [2.05, 4.69) is 55.6 Å². The fourth-order valence-electron chi connectivity index (χ4n) is 5.65. The number of carbonyl (C=O) groups excluding carboxylic acids is 2. The van der Waals surface area contributed by atoms with Crippen LogP contribution < -0.4 is 10.1 Å². The predicted molar refractivity (Wildman–Crippen MR) is 193 cm³/mol. The first-order chi connectivity index (χ1) is 23.6. The van der Waals surface area contributed by atoms with Crippen molar-refractivity contribution in [2.45, 2.75) is 97.4 Å². The van der Waals surface area contributed by atoms with E-state index in [-0.39, 0.29) is 24.7 Å². The lowest BCUT2D eigenvalue weighted by Crippen LogP contribution is -2.44. The molecule has 260 valence electrons. The van der Waals surface area contributed by atoms with E-state index in [0.29, 0.717) is 25.9 Å². The summed E-state index contributed by atoms with van der Waals surface area (Å²) in [7, 11) is 0. The lowest BCUT2D eigenvalue weighted by atomic mass is 9.86. The molecule has 0 radical (unpaired) electrons. The van der Waals surface area contributed by atoms with Crippen molar-refractivity contribution in [2.75, 3.05) is 0 Å². The number of ether oxygens (including phenoxy) is 4. The minimum Gasteiger partial charge on any atom is -0.487 e. The van der Waals surface area contributed by atoms with Crippen molar-refractivity contribution in [3.63, 3.8) is 0 Å².